The van der Waals surface area contributed by atoms with Crippen molar-refractivity contribution in [2.24, 2.45) is 0 Å². The van der Waals surface area contributed by atoms with Gasteiger partial charge in [0.15, 0.2) is 0 Å². The number of nitrogens with zero attached hydrogens (tertiary/aromatic N) is 2. The maximum absolute atomic E-state index is 14.4. The Kier molecular flexibility index (Phi) is 6.04. The lowest BCUT2D eigenvalue weighted by atomic mass is 9.97. The Labute approximate surface area is 150 Å². The lowest BCUT2D eigenvalue weighted by Gasteiger charge is -2.12. The summed E-state index contributed by atoms with van der Waals surface area (Å²) in [6.45, 7) is 7.48. The number of benzene rings is 1. The molecule has 0 aliphatic heterocycles. The number of aryl methyl sites for hydroxylation is 2. The van der Waals surface area contributed by atoms with Crippen molar-refractivity contribution in [3.8, 4) is 22.4 Å². The van der Waals surface area contributed by atoms with E-state index in [0.717, 1.165) is 5.56 Å². The number of H-pyrrole nitrogens is 1. The molecule has 0 bridgehead atoms. The number of pyridine rings is 1. The maximum atomic E-state index is 14.4. The summed E-state index contributed by atoms with van der Waals surface area (Å²) in [6, 6.07) is 8.30. The fourth-order valence-electron chi connectivity index (χ4n) is 2.45. The predicted octanol–water partition coefficient (Wildman–Crippen LogP) is 4.93. The van der Waals surface area contributed by atoms with Crippen LogP contribution in [0.2, 0.25) is 5.02 Å². The molecule has 1 N–H and O–H groups in total. The van der Waals surface area contributed by atoms with Gasteiger partial charge in [-0.2, -0.15) is 5.10 Å². The third-order valence-corrected chi connectivity index (χ3v) is 3.76. The zero-order chi connectivity index (χ0) is 18.6. The normalized spacial score (nSPS) is 10.2. The molecule has 0 saturated carbocycles. The van der Waals surface area contributed by atoms with Gasteiger partial charge >= 0.3 is 0 Å². The standard InChI is InChI=1S/C17H13ClFN3O.C2H6/c1-9-7-13(19)16(20-8-9)15-14(10(2)21-22-17(15)23)11-3-5-12(18)6-4-11;1-2/h3-8H,1-2H3,(H,22,23);1-2H3. The average molecular weight is 360 g/mol. The lowest BCUT2D eigenvalue weighted by molar-refractivity contribution is 0.624. The van der Waals surface area contributed by atoms with Crippen LogP contribution < -0.4 is 5.56 Å². The summed E-state index contributed by atoms with van der Waals surface area (Å²) >= 11 is 5.91. The molecule has 6 heteroatoms. The van der Waals surface area contributed by atoms with Crippen LogP contribution in [0.1, 0.15) is 25.1 Å². The molecule has 0 spiro atoms. The number of nitrogens with one attached hydrogen (secondary N) is 1. The Morgan fingerprint density at radius 3 is 2.32 bits per heavy atom. The minimum Gasteiger partial charge on any atom is -0.267 e. The summed E-state index contributed by atoms with van der Waals surface area (Å²) in [7, 11) is 0. The van der Waals surface area contributed by atoms with Gasteiger partial charge in [-0.1, -0.05) is 37.6 Å². The fraction of sp³-hybridized carbons (Fsp3) is 0.211. The van der Waals surface area contributed by atoms with Gasteiger partial charge in [-0.25, -0.2) is 9.49 Å². The first kappa shape index (κ1) is 18.8. The van der Waals surface area contributed by atoms with Crippen molar-refractivity contribution in [3.63, 3.8) is 0 Å². The summed E-state index contributed by atoms with van der Waals surface area (Å²) in [5.41, 5.74) is 2.20. The van der Waals surface area contributed by atoms with Gasteiger partial charge < -0.3 is 0 Å². The Morgan fingerprint density at radius 2 is 1.72 bits per heavy atom. The van der Waals surface area contributed by atoms with Gasteiger partial charge in [0.1, 0.15) is 11.5 Å². The van der Waals surface area contributed by atoms with Gasteiger partial charge in [0, 0.05) is 16.8 Å². The van der Waals surface area contributed by atoms with E-state index in [-0.39, 0.29) is 11.3 Å². The van der Waals surface area contributed by atoms with Crippen molar-refractivity contribution in [1.29, 1.82) is 0 Å². The number of halogens is 2. The molecule has 0 aliphatic carbocycles. The van der Waals surface area contributed by atoms with Crippen molar-refractivity contribution >= 4 is 11.6 Å². The highest BCUT2D eigenvalue weighted by atomic mass is 35.5. The monoisotopic (exact) mass is 359 g/mol. The van der Waals surface area contributed by atoms with Gasteiger partial charge in [-0.3, -0.25) is 9.78 Å². The highest BCUT2D eigenvalue weighted by molar-refractivity contribution is 6.30. The number of hydrogen-bond donors (Lipinski definition) is 1. The van der Waals surface area contributed by atoms with E-state index in [2.05, 4.69) is 15.2 Å². The van der Waals surface area contributed by atoms with E-state index < -0.39 is 11.4 Å². The van der Waals surface area contributed by atoms with E-state index in [1.807, 2.05) is 13.8 Å². The average Bonchev–Trinajstić information content (AvgIpc) is 2.60. The van der Waals surface area contributed by atoms with Crippen LogP contribution in [0.25, 0.3) is 22.4 Å². The molecular weight excluding hydrogens is 341 g/mol. The zero-order valence-electron chi connectivity index (χ0n) is 14.5. The van der Waals surface area contributed by atoms with Crippen LogP contribution in [0, 0.1) is 19.7 Å². The van der Waals surface area contributed by atoms with E-state index in [1.54, 1.807) is 38.1 Å². The van der Waals surface area contributed by atoms with Gasteiger partial charge in [0.2, 0.25) is 0 Å². The Bertz CT molecular complexity index is 936. The van der Waals surface area contributed by atoms with E-state index in [1.165, 1.54) is 12.3 Å². The number of aromatic amines is 1. The van der Waals surface area contributed by atoms with Crippen LogP contribution >= 0.6 is 11.6 Å². The van der Waals surface area contributed by atoms with Gasteiger partial charge in [0.25, 0.3) is 5.56 Å². The molecule has 0 aliphatic rings. The molecule has 25 heavy (non-hydrogen) atoms. The molecule has 0 atom stereocenters. The van der Waals surface area contributed by atoms with Crippen molar-refractivity contribution in [2.45, 2.75) is 27.7 Å². The second kappa shape index (κ2) is 8.03. The minimum atomic E-state index is -0.545. The number of rotatable bonds is 2. The lowest BCUT2D eigenvalue weighted by Crippen LogP contribution is -2.15. The zero-order valence-corrected chi connectivity index (χ0v) is 15.3. The highest BCUT2D eigenvalue weighted by Crippen LogP contribution is 2.32. The number of aromatic nitrogens is 3. The quantitative estimate of drug-likeness (QED) is 0.705. The molecule has 0 radical (unpaired) electrons. The molecule has 3 aromatic rings. The summed E-state index contributed by atoms with van der Waals surface area (Å²) in [5.74, 6) is -0.545. The van der Waals surface area contributed by atoms with Crippen LogP contribution in [-0.2, 0) is 0 Å². The van der Waals surface area contributed by atoms with E-state index in [9.17, 15) is 9.18 Å². The molecule has 4 nitrogen and oxygen atoms in total. The van der Waals surface area contributed by atoms with Crippen LogP contribution in [0.4, 0.5) is 4.39 Å². The largest absolute Gasteiger partial charge is 0.274 e. The molecule has 1 aromatic carbocycles. The Balaban J connectivity index is 0.00000109. The second-order valence-electron chi connectivity index (χ2n) is 5.24. The maximum Gasteiger partial charge on any atom is 0.274 e. The molecule has 0 amide bonds. The second-order valence-corrected chi connectivity index (χ2v) is 5.67. The Hall–Kier alpha value is -2.53. The van der Waals surface area contributed by atoms with Crippen molar-refractivity contribution in [3.05, 3.63) is 69.0 Å². The van der Waals surface area contributed by atoms with Gasteiger partial charge in [-0.15, -0.1) is 0 Å². The first-order valence-corrected chi connectivity index (χ1v) is 8.33. The third-order valence-electron chi connectivity index (χ3n) is 3.51. The van der Waals surface area contributed by atoms with Gasteiger partial charge in [0.05, 0.1) is 11.3 Å². The molecule has 130 valence electrons. The molecule has 0 saturated heterocycles. The smallest absolute Gasteiger partial charge is 0.267 e. The van der Waals surface area contributed by atoms with Gasteiger partial charge in [-0.05, 0) is 43.2 Å². The minimum absolute atomic E-state index is 0.00676. The summed E-state index contributed by atoms with van der Waals surface area (Å²) < 4.78 is 14.4. The van der Waals surface area contributed by atoms with E-state index in [0.29, 0.717) is 21.8 Å². The predicted molar refractivity (Wildman–Crippen MR) is 99.3 cm³/mol. The summed E-state index contributed by atoms with van der Waals surface area (Å²) in [6.07, 6.45) is 1.53. The molecule has 0 unspecified atom stereocenters. The van der Waals surface area contributed by atoms with Crippen molar-refractivity contribution in [2.75, 3.05) is 0 Å². The summed E-state index contributed by atoms with van der Waals surface area (Å²) in [5, 5.41) is 6.96. The molecule has 2 aromatic heterocycles. The molecular formula is C19H19ClFN3O. The van der Waals surface area contributed by atoms with Crippen LogP contribution in [0.5, 0.6) is 0 Å². The number of hydrogen-bond acceptors (Lipinski definition) is 3. The topological polar surface area (TPSA) is 58.6 Å². The van der Waals surface area contributed by atoms with Crippen LogP contribution in [0.15, 0.2) is 41.3 Å². The van der Waals surface area contributed by atoms with Crippen molar-refractivity contribution < 1.29 is 4.39 Å². The third kappa shape index (κ3) is 3.94. The van der Waals surface area contributed by atoms with E-state index in [4.69, 9.17) is 11.6 Å². The van der Waals surface area contributed by atoms with E-state index >= 15 is 0 Å². The first-order valence-electron chi connectivity index (χ1n) is 7.95. The molecule has 3 rings (SSSR count). The summed E-state index contributed by atoms with van der Waals surface area (Å²) in [4.78, 5) is 16.4. The fourth-order valence-corrected chi connectivity index (χ4v) is 2.58. The molecule has 0 fully saturated rings. The first-order chi connectivity index (χ1) is 12.0. The SMILES string of the molecule is CC.Cc1cnc(-c2c(-c3ccc(Cl)cc3)c(C)n[nH]c2=O)c(F)c1. The van der Waals surface area contributed by atoms with Crippen LogP contribution in [0.3, 0.4) is 0 Å². The highest BCUT2D eigenvalue weighted by Gasteiger charge is 2.19. The van der Waals surface area contributed by atoms with Crippen LogP contribution in [-0.4, -0.2) is 15.2 Å². The van der Waals surface area contributed by atoms with Crippen molar-refractivity contribution in [1.82, 2.24) is 15.2 Å². The Morgan fingerprint density at radius 1 is 1.08 bits per heavy atom. The molecule has 2 heterocycles.